The maximum absolute atomic E-state index is 11.8. The number of carbonyl (C=O) groups is 1. The first kappa shape index (κ1) is 26.7. The summed E-state index contributed by atoms with van der Waals surface area (Å²) >= 11 is 11.5. The fourth-order valence-corrected chi connectivity index (χ4v) is 6.82. The third-order valence-corrected chi connectivity index (χ3v) is 10.7. The molecule has 0 amide bonds. The number of hydrogen-bond donors (Lipinski definition) is 0. The summed E-state index contributed by atoms with van der Waals surface area (Å²) in [4.78, 5) is 21.2. The summed E-state index contributed by atoms with van der Waals surface area (Å²) in [5.74, 6) is 1.25. The van der Waals surface area contributed by atoms with Gasteiger partial charge in [0, 0.05) is 26.2 Å². The first-order valence-electron chi connectivity index (χ1n) is 12.5. The van der Waals surface area contributed by atoms with Crippen LogP contribution in [-0.2, 0) is 40.5 Å². The molecule has 2 aromatic carbocycles. The van der Waals surface area contributed by atoms with Crippen LogP contribution in [0, 0.1) is 0 Å². The average Bonchev–Trinajstić information content (AvgIpc) is 2.86. The number of fused-ring (bicyclic) bond motifs is 1. The standard InChI is InChI=1S/C25H28Cl2N3O3.CH3.Hg/c1-18(31)33-24-10-8-19-7-9-20(17-22(19)28-24)32-16-3-2-11-29-12-14-30(15-13-29)23-6-4-5-21(26)25(23)27;;/h4-7,9,17H,1-3,8,10-16H2;1H3;. The summed E-state index contributed by atoms with van der Waals surface area (Å²) in [5.41, 5.74) is 3.05. The molecule has 2 aliphatic heterocycles. The summed E-state index contributed by atoms with van der Waals surface area (Å²) in [7, 11) is 0. The van der Waals surface area contributed by atoms with Gasteiger partial charge >= 0.3 is 132 Å². The predicted octanol–water partition coefficient (Wildman–Crippen LogP) is 6.04. The average molecular weight is 705 g/mol. The van der Waals surface area contributed by atoms with Crippen molar-refractivity contribution < 1.29 is 38.8 Å². The van der Waals surface area contributed by atoms with Crippen molar-refractivity contribution >= 4 is 46.4 Å². The number of aryl methyl sites for hydroxylation is 1. The molecule has 0 bridgehead atoms. The third-order valence-electron chi connectivity index (χ3n) is 6.38. The number of anilines is 1. The van der Waals surface area contributed by atoms with E-state index in [0.29, 0.717) is 32.9 Å². The van der Waals surface area contributed by atoms with Crippen molar-refractivity contribution in [1.82, 2.24) is 4.90 Å². The van der Waals surface area contributed by atoms with E-state index in [1.54, 1.807) is 0 Å². The fourth-order valence-electron chi connectivity index (χ4n) is 4.42. The SMILES string of the molecule is [CH3][Hg][CH2]C(=O)OC1=Nc2cc(OCCCCN3CCN(c4cccc(Cl)c4Cl)CC3)ccc2CC1. The predicted molar refractivity (Wildman–Crippen MR) is 138 cm³/mol. The number of carbonyl (C=O) groups excluding carboxylic acids is 1. The Morgan fingerprint density at radius 2 is 1.91 bits per heavy atom. The second-order valence-corrected chi connectivity index (χ2v) is 15.6. The van der Waals surface area contributed by atoms with Crippen molar-refractivity contribution in [3.63, 3.8) is 0 Å². The van der Waals surface area contributed by atoms with Crippen LogP contribution in [-0.4, -0.2) is 56.1 Å². The minimum atomic E-state index is -1.02. The van der Waals surface area contributed by atoms with Gasteiger partial charge in [0.2, 0.25) is 0 Å². The molecule has 2 aromatic rings. The molecule has 9 heteroatoms. The van der Waals surface area contributed by atoms with Gasteiger partial charge in [0.25, 0.3) is 0 Å². The fraction of sp³-hybridized carbons (Fsp3) is 0.462. The molecule has 0 atom stereocenters. The first-order chi connectivity index (χ1) is 17.0. The van der Waals surface area contributed by atoms with Gasteiger partial charge in [-0.1, -0.05) is 29.3 Å². The Balaban J connectivity index is 1.17. The number of ether oxygens (including phenoxy) is 2. The van der Waals surface area contributed by atoms with Gasteiger partial charge in [0.05, 0.1) is 15.7 Å². The summed E-state index contributed by atoms with van der Waals surface area (Å²) in [6.45, 7) is 5.66. The Labute approximate surface area is 230 Å². The Morgan fingerprint density at radius 1 is 1.09 bits per heavy atom. The van der Waals surface area contributed by atoms with E-state index < -0.39 is 24.6 Å². The van der Waals surface area contributed by atoms with Gasteiger partial charge in [0.1, 0.15) is 0 Å². The number of benzene rings is 2. The number of piperazine rings is 1. The van der Waals surface area contributed by atoms with E-state index in [9.17, 15) is 4.79 Å². The monoisotopic (exact) mass is 705 g/mol. The summed E-state index contributed by atoms with van der Waals surface area (Å²) < 4.78 is 14.3. The van der Waals surface area contributed by atoms with Crippen LogP contribution in [0.4, 0.5) is 11.4 Å². The Bertz CT molecular complexity index is 1060. The number of hydrogen-bond acceptors (Lipinski definition) is 6. The van der Waals surface area contributed by atoms with Crippen molar-refractivity contribution in [3.05, 3.63) is 52.0 Å². The van der Waals surface area contributed by atoms with Gasteiger partial charge in [0.15, 0.2) is 0 Å². The second kappa shape index (κ2) is 13.3. The van der Waals surface area contributed by atoms with Gasteiger partial charge in [-0.2, -0.15) is 0 Å². The van der Waals surface area contributed by atoms with E-state index >= 15 is 0 Å². The molecule has 2 heterocycles. The molecule has 0 saturated carbocycles. The van der Waals surface area contributed by atoms with Gasteiger partial charge in [-0.05, 0) is 18.7 Å². The zero-order chi connectivity index (χ0) is 24.6. The number of halogens is 2. The molecule has 2 aliphatic rings. The van der Waals surface area contributed by atoms with Crippen molar-refractivity contribution in [2.24, 2.45) is 4.99 Å². The van der Waals surface area contributed by atoms with Crippen LogP contribution < -0.4 is 9.64 Å². The number of unbranched alkanes of at least 4 members (excludes halogenated alkanes) is 1. The van der Waals surface area contributed by atoms with E-state index in [4.69, 9.17) is 32.7 Å². The molecule has 184 valence electrons. The molecule has 4 rings (SSSR count). The Hall–Kier alpha value is -1.34. The molecule has 0 unspecified atom stereocenters. The van der Waals surface area contributed by atoms with Crippen LogP contribution in [0.2, 0.25) is 18.4 Å². The van der Waals surface area contributed by atoms with E-state index in [0.717, 1.165) is 69.1 Å². The van der Waals surface area contributed by atoms with E-state index in [1.165, 1.54) is 5.56 Å². The molecule has 1 saturated heterocycles. The maximum atomic E-state index is 11.8. The molecular formula is C26H31Cl2HgN3O3. The van der Waals surface area contributed by atoms with Crippen LogP contribution in [0.3, 0.4) is 0 Å². The van der Waals surface area contributed by atoms with Crippen LogP contribution in [0.5, 0.6) is 5.75 Å². The summed E-state index contributed by atoms with van der Waals surface area (Å²) in [5, 5.41) is 1.25. The quantitative estimate of drug-likeness (QED) is 0.181. The molecule has 0 aliphatic carbocycles. The Kier molecular flexibility index (Phi) is 10.1. The molecule has 35 heavy (non-hydrogen) atoms. The number of rotatable bonds is 9. The van der Waals surface area contributed by atoms with Crippen LogP contribution in [0.1, 0.15) is 24.8 Å². The van der Waals surface area contributed by atoms with Gasteiger partial charge in [-0.15, -0.1) is 0 Å². The molecule has 1 fully saturated rings. The minimum absolute atomic E-state index is 0.113. The Morgan fingerprint density at radius 3 is 2.71 bits per heavy atom. The number of esters is 1. The van der Waals surface area contributed by atoms with Crippen LogP contribution in [0.15, 0.2) is 41.4 Å². The first-order valence-corrected chi connectivity index (χ1v) is 22.6. The molecule has 0 aromatic heterocycles. The van der Waals surface area contributed by atoms with Gasteiger partial charge in [-0.3, -0.25) is 4.90 Å². The molecular weight excluding hydrogens is 674 g/mol. The molecule has 0 N–H and O–H groups in total. The summed E-state index contributed by atoms with van der Waals surface area (Å²) in [6.07, 6.45) is 3.60. The van der Waals surface area contributed by atoms with Gasteiger partial charge < -0.3 is 4.90 Å². The molecule has 0 spiro atoms. The van der Waals surface area contributed by atoms with Crippen molar-refractivity contribution in [3.8, 4) is 5.75 Å². The van der Waals surface area contributed by atoms with Crippen molar-refractivity contribution in [2.45, 2.75) is 34.0 Å². The second-order valence-electron chi connectivity index (χ2n) is 8.98. The molecule has 0 radical (unpaired) electrons. The van der Waals surface area contributed by atoms with Crippen molar-refractivity contribution in [1.29, 1.82) is 0 Å². The third kappa shape index (κ3) is 7.57. The van der Waals surface area contributed by atoms with E-state index in [1.807, 2.05) is 30.3 Å². The van der Waals surface area contributed by atoms with Crippen LogP contribution in [0.25, 0.3) is 0 Å². The topological polar surface area (TPSA) is 54.4 Å². The van der Waals surface area contributed by atoms with E-state index in [2.05, 4.69) is 25.3 Å². The van der Waals surface area contributed by atoms with Crippen molar-refractivity contribution in [2.75, 3.05) is 44.2 Å². The zero-order valence-corrected chi connectivity index (χ0v) is 27.3. The normalized spacial score (nSPS) is 15.7. The summed E-state index contributed by atoms with van der Waals surface area (Å²) in [6, 6.07) is 11.9. The number of aliphatic imine (C=N–C) groups is 1. The number of nitrogens with zero attached hydrogens (tertiary/aromatic N) is 3. The van der Waals surface area contributed by atoms with E-state index in [-0.39, 0.29) is 5.97 Å². The molecule has 6 nitrogen and oxygen atoms in total. The zero-order valence-electron chi connectivity index (χ0n) is 20.3. The van der Waals surface area contributed by atoms with Crippen LogP contribution >= 0.6 is 23.2 Å². The van der Waals surface area contributed by atoms with Gasteiger partial charge in [-0.25, -0.2) is 0 Å².